The van der Waals surface area contributed by atoms with Crippen molar-refractivity contribution < 1.29 is 0 Å². The molecule has 0 unspecified atom stereocenters. The van der Waals surface area contributed by atoms with E-state index >= 15 is 0 Å². The van der Waals surface area contributed by atoms with Gasteiger partial charge in [0.25, 0.3) is 0 Å². The summed E-state index contributed by atoms with van der Waals surface area (Å²) in [5.41, 5.74) is 8.61. The molecule has 0 spiro atoms. The van der Waals surface area contributed by atoms with Crippen LogP contribution in [0.1, 0.15) is 5.69 Å². The van der Waals surface area contributed by atoms with Crippen molar-refractivity contribution in [3.8, 4) is 56.4 Å². The molecule has 194 valence electrons. The van der Waals surface area contributed by atoms with Gasteiger partial charge in [-0.3, -0.25) is 4.98 Å². The summed E-state index contributed by atoms with van der Waals surface area (Å²) in [5.74, 6) is 1.98. The Bertz CT molecular complexity index is 1910. The fourth-order valence-electron chi connectivity index (χ4n) is 5.11. The number of pyridine rings is 1. The monoisotopic (exact) mass is 526 g/mol. The highest BCUT2D eigenvalue weighted by molar-refractivity contribution is 5.89. The van der Waals surface area contributed by atoms with E-state index in [9.17, 15) is 0 Å². The van der Waals surface area contributed by atoms with Gasteiger partial charge in [-0.15, -0.1) is 0 Å². The first-order valence-electron chi connectivity index (χ1n) is 13.6. The molecule has 0 radical (unpaired) electrons. The molecule has 4 heteroatoms. The highest BCUT2D eigenvalue weighted by atomic mass is 15.0. The smallest absolute Gasteiger partial charge is 0.164 e. The quantitative estimate of drug-likeness (QED) is 0.224. The highest BCUT2D eigenvalue weighted by Gasteiger charge is 2.12. The van der Waals surface area contributed by atoms with E-state index in [1.54, 1.807) is 0 Å². The van der Waals surface area contributed by atoms with Crippen LogP contribution < -0.4 is 0 Å². The third-order valence-electron chi connectivity index (χ3n) is 7.36. The first kappa shape index (κ1) is 24.6. The molecule has 41 heavy (non-hydrogen) atoms. The molecule has 5 aromatic carbocycles. The first-order valence-corrected chi connectivity index (χ1v) is 13.6. The van der Waals surface area contributed by atoms with Crippen molar-refractivity contribution >= 4 is 10.8 Å². The molecule has 7 aromatic rings. The van der Waals surface area contributed by atoms with Crippen LogP contribution in [0.2, 0.25) is 0 Å². The largest absolute Gasteiger partial charge is 0.261 e. The predicted molar refractivity (Wildman–Crippen MR) is 167 cm³/mol. The lowest BCUT2D eigenvalue weighted by Gasteiger charge is -2.10. The maximum Gasteiger partial charge on any atom is 0.164 e. The Morgan fingerprint density at radius 2 is 0.805 bits per heavy atom. The minimum absolute atomic E-state index is 0.654. The topological polar surface area (TPSA) is 51.6 Å². The minimum atomic E-state index is 0.654. The van der Waals surface area contributed by atoms with E-state index in [4.69, 9.17) is 15.0 Å². The standard InChI is InChI=1S/C37H26N4/c1-25-34-21-20-32(24-33(34)22-23-38-25)28-14-12-26(13-15-28)27-16-18-31(19-17-27)37-40-35(29-8-4-2-5-9-29)39-36(41-37)30-10-6-3-7-11-30/h2-24H,1H3. The molecule has 0 N–H and O–H groups in total. The number of nitrogens with zero attached hydrogens (tertiary/aromatic N) is 4. The Kier molecular flexibility index (Phi) is 6.34. The maximum absolute atomic E-state index is 4.85. The van der Waals surface area contributed by atoms with Gasteiger partial charge in [0.2, 0.25) is 0 Å². The van der Waals surface area contributed by atoms with E-state index in [0.29, 0.717) is 17.5 Å². The van der Waals surface area contributed by atoms with E-state index in [2.05, 4.69) is 77.8 Å². The lowest BCUT2D eigenvalue weighted by molar-refractivity contribution is 1.07. The van der Waals surface area contributed by atoms with Crippen LogP contribution in [0.5, 0.6) is 0 Å². The van der Waals surface area contributed by atoms with E-state index < -0.39 is 0 Å². The van der Waals surface area contributed by atoms with Gasteiger partial charge in [0.1, 0.15) is 0 Å². The predicted octanol–water partition coefficient (Wildman–Crippen LogP) is 9.06. The highest BCUT2D eigenvalue weighted by Crippen LogP contribution is 2.30. The molecule has 0 atom stereocenters. The van der Waals surface area contributed by atoms with Crippen molar-refractivity contribution in [3.63, 3.8) is 0 Å². The van der Waals surface area contributed by atoms with E-state index in [1.807, 2.05) is 73.8 Å². The van der Waals surface area contributed by atoms with Gasteiger partial charge in [-0.25, -0.2) is 15.0 Å². The number of aromatic nitrogens is 4. The summed E-state index contributed by atoms with van der Waals surface area (Å²) >= 11 is 0. The summed E-state index contributed by atoms with van der Waals surface area (Å²) in [4.78, 5) is 18.9. The Balaban J connectivity index is 1.20. The lowest BCUT2D eigenvalue weighted by atomic mass is 9.98. The minimum Gasteiger partial charge on any atom is -0.261 e. The molecule has 2 heterocycles. The summed E-state index contributed by atoms with van der Waals surface area (Å²) in [7, 11) is 0. The zero-order chi connectivity index (χ0) is 27.6. The maximum atomic E-state index is 4.85. The van der Waals surface area contributed by atoms with Gasteiger partial charge in [0.15, 0.2) is 17.5 Å². The third kappa shape index (κ3) is 4.99. The molecule has 0 amide bonds. The van der Waals surface area contributed by atoms with E-state index in [0.717, 1.165) is 33.5 Å². The SMILES string of the molecule is Cc1nccc2cc(-c3ccc(-c4ccc(-c5nc(-c6ccccc6)nc(-c6ccccc6)n5)cc4)cc3)ccc12. The molecule has 7 rings (SSSR count). The van der Waals surface area contributed by atoms with E-state index in [1.165, 1.54) is 21.9 Å². The molecule has 0 aliphatic heterocycles. The Labute approximate surface area is 239 Å². The molecular weight excluding hydrogens is 500 g/mol. The zero-order valence-electron chi connectivity index (χ0n) is 22.6. The van der Waals surface area contributed by atoms with Crippen molar-refractivity contribution in [1.29, 1.82) is 0 Å². The van der Waals surface area contributed by atoms with Crippen LogP contribution in [0, 0.1) is 6.92 Å². The normalized spacial score (nSPS) is 11.0. The zero-order valence-corrected chi connectivity index (χ0v) is 22.6. The van der Waals surface area contributed by atoms with Crippen molar-refractivity contribution in [1.82, 2.24) is 19.9 Å². The van der Waals surface area contributed by atoms with Gasteiger partial charge >= 0.3 is 0 Å². The van der Waals surface area contributed by atoms with Crippen LogP contribution in [0.15, 0.2) is 140 Å². The van der Waals surface area contributed by atoms with Crippen LogP contribution in [0.4, 0.5) is 0 Å². The summed E-state index contributed by atoms with van der Waals surface area (Å²) in [6, 6.07) is 45.9. The molecule has 0 aliphatic rings. The molecular formula is C37H26N4. The number of aryl methyl sites for hydroxylation is 1. The van der Waals surface area contributed by atoms with Gasteiger partial charge in [-0.05, 0) is 46.7 Å². The van der Waals surface area contributed by atoms with Crippen LogP contribution in [-0.2, 0) is 0 Å². The van der Waals surface area contributed by atoms with Crippen LogP contribution >= 0.6 is 0 Å². The summed E-state index contributed by atoms with van der Waals surface area (Å²) in [6.07, 6.45) is 1.87. The average Bonchev–Trinajstić information content (AvgIpc) is 3.05. The molecule has 0 fully saturated rings. The second-order valence-electron chi connectivity index (χ2n) is 10.0. The molecule has 0 aliphatic carbocycles. The molecule has 4 nitrogen and oxygen atoms in total. The Morgan fingerprint density at radius 3 is 1.32 bits per heavy atom. The molecule has 0 bridgehead atoms. The number of benzene rings is 5. The van der Waals surface area contributed by atoms with Crippen molar-refractivity contribution in [2.24, 2.45) is 0 Å². The summed E-state index contributed by atoms with van der Waals surface area (Å²) in [5, 5.41) is 2.40. The number of hydrogen-bond acceptors (Lipinski definition) is 4. The van der Waals surface area contributed by atoms with Crippen LogP contribution in [0.3, 0.4) is 0 Å². The van der Waals surface area contributed by atoms with Gasteiger partial charge in [0.05, 0.1) is 0 Å². The van der Waals surface area contributed by atoms with Gasteiger partial charge < -0.3 is 0 Å². The Hall–Kier alpha value is -5.48. The number of fused-ring (bicyclic) bond motifs is 1. The van der Waals surface area contributed by atoms with Crippen molar-refractivity contribution in [3.05, 3.63) is 145 Å². The van der Waals surface area contributed by atoms with Gasteiger partial charge in [-0.1, -0.05) is 121 Å². The van der Waals surface area contributed by atoms with Crippen LogP contribution in [-0.4, -0.2) is 19.9 Å². The van der Waals surface area contributed by atoms with Crippen molar-refractivity contribution in [2.45, 2.75) is 6.92 Å². The van der Waals surface area contributed by atoms with Gasteiger partial charge in [-0.2, -0.15) is 0 Å². The Morgan fingerprint density at radius 1 is 0.390 bits per heavy atom. The fourth-order valence-corrected chi connectivity index (χ4v) is 5.11. The first-order chi connectivity index (χ1) is 20.2. The molecule has 0 saturated heterocycles. The summed E-state index contributed by atoms with van der Waals surface area (Å²) in [6.45, 7) is 2.05. The third-order valence-corrected chi connectivity index (χ3v) is 7.36. The van der Waals surface area contributed by atoms with E-state index in [-0.39, 0.29) is 0 Å². The second-order valence-corrected chi connectivity index (χ2v) is 10.0. The number of rotatable bonds is 5. The van der Waals surface area contributed by atoms with Gasteiger partial charge in [0, 0.05) is 34.0 Å². The number of hydrogen-bond donors (Lipinski definition) is 0. The fraction of sp³-hybridized carbons (Fsp3) is 0.0270. The molecule has 2 aromatic heterocycles. The van der Waals surface area contributed by atoms with Crippen LogP contribution in [0.25, 0.3) is 67.2 Å². The second kappa shape index (κ2) is 10.6. The van der Waals surface area contributed by atoms with Crippen molar-refractivity contribution in [2.75, 3.05) is 0 Å². The lowest BCUT2D eigenvalue weighted by Crippen LogP contribution is -2.00. The average molecular weight is 527 g/mol. The molecule has 0 saturated carbocycles. The summed E-state index contributed by atoms with van der Waals surface area (Å²) < 4.78 is 0.